The van der Waals surface area contributed by atoms with Crippen molar-refractivity contribution in [3.05, 3.63) is 46.5 Å². The molecule has 1 fully saturated rings. The largest absolute Gasteiger partial charge is 0.352 e. The SMILES string of the molecule is C=C(C)CNC(=O)C1(c2ccc(Br)cc2)CC1. The number of carbonyl (C=O) groups is 1. The highest BCUT2D eigenvalue weighted by Crippen LogP contribution is 2.48. The van der Waals surface area contributed by atoms with Gasteiger partial charge in [0, 0.05) is 11.0 Å². The van der Waals surface area contributed by atoms with E-state index < -0.39 is 0 Å². The molecule has 1 aromatic carbocycles. The molecule has 90 valence electrons. The summed E-state index contributed by atoms with van der Waals surface area (Å²) in [5.41, 5.74) is 1.81. The third kappa shape index (κ3) is 2.60. The van der Waals surface area contributed by atoms with Crippen LogP contribution in [0.5, 0.6) is 0 Å². The second kappa shape index (κ2) is 4.65. The van der Waals surface area contributed by atoms with Gasteiger partial charge in [0.25, 0.3) is 0 Å². The van der Waals surface area contributed by atoms with E-state index in [-0.39, 0.29) is 11.3 Å². The maximum atomic E-state index is 12.2. The first-order valence-corrected chi connectivity index (χ1v) is 6.53. The highest BCUT2D eigenvalue weighted by Gasteiger charge is 2.50. The number of hydrogen-bond donors (Lipinski definition) is 1. The first-order chi connectivity index (χ1) is 8.04. The van der Waals surface area contributed by atoms with Crippen LogP contribution in [0.3, 0.4) is 0 Å². The summed E-state index contributed by atoms with van der Waals surface area (Å²) in [6, 6.07) is 8.03. The number of rotatable bonds is 4. The molecule has 0 spiro atoms. The van der Waals surface area contributed by atoms with Gasteiger partial charge in [-0.3, -0.25) is 4.79 Å². The van der Waals surface area contributed by atoms with Gasteiger partial charge in [-0.1, -0.05) is 40.2 Å². The maximum Gasteiger partial charge on any atom is 0.230 e. The Morgan fingerprint density at radius 3 is 2.47 bits per heavy atom. The van der Waals surface area contributed by atoms with E-state index in [9.17, 15) is 4.79 Å². The number of hydrogen-bond acceptors (Lipinski definition) is 1. The third-order valence-electron chi connectivity index (χ3n) is 3.13. The average molecular weight is 294 g/mol. The molecule has 0 bridgehead atoms. The molecular formula is C14H16BrNO. The van der Waals surface area contributed by atoms with Crippen LogP contribution in [-0.2, 0) is 10.2 Å². The van der Waals surface area contributed by atoms with Gasteiger partial charge in [0.1, 0.15) is 0 Å². The van der Waals surface area contributed by atoms with Gasteiger partial charge in [0.2, 0.25) is 5.91 Å². The molecule has 0 aromatic heterocycles. The molecule has 0 aliphatic heterocycles. The van der Waals surface area contributed by atoms with E-state index in [0.29, 0.717) is 6.54 Å². The Morgan fingerprint density at radius 1 is 1.41 bits per heavy atom. The van der Waals surface area contributed by atoms with Crippen LogP contribution in [0.15, 0.2) is 40.9 Å². The molecule has 0 radical (unpaired) electrons. The standard InChI is InChI=1S/C14H16BrNO/c1-10(2)9-16-13(17)14(7-8-14)11-3-5-12(15)6-4-11/h3-6H,1,7-9H2,2H3,(H,16,17). The second-order valence-electron chi connectivity index (χ2n) is 4.73. The van der Waals surface area contributed by atoms with Crippen LogP contribution in [0, 0.1) is 0 Å². The zero-order valence-electron chi connectivity index (χ0n) is 9.92. The van der Waals surface area contributed by atoms with Crippen LogP contribution in [-0.4, -0.2) is 12.5 Å². The summed E-state index contributed by atoms with van der Waals surface area (Å²) in [7, 11) is 0. The molecular weight excluding hydrogens is 278 g/mol. The Hall–Kier alpha value is -1.09. The van der Waals surface area contributed by atoms with Gasteiger partial charge in [-0.15, -0.1) is 0 Å². The summed E-state index contributed by atoms with van der Waals surface area (Å²) in [6.45, 7) is 6.28. The molecule has 0 atom stereocenters. The Kier molecular flexibility index (Phi) is 3.38. The van der Waals surface area contributed by atoms with Crippen LogP contribution >= 0.6 is 15.9 Å². The lowest BCUT2D eigenvalue weighted by Crippen LogP contribution is -2.35. The molecule has 3 heteroatoms. The molecule has 1 aliphatic rings. The lowest BCUT2D eigenvalue weighted by atomic mass is 9.95. The zero-order valence-corrected chi connectivity index (χ0v) is 11.5. The van der Waals surface area contributed by atoms with Gasteiger partial charge >= 0.3 is 0 Å². The van der Waals surface area contributed by atoms with Gasteiger partial charge < -0.3 is 5.32 Å². The molecule has 2 rings (SSSR count). The van der Waals surface area contributed by atoms with Crippen molar-refractivity contribution < 1.29 is 4.79 Å². The molecule has 0 unspecified atom stereocenters. The molecule has 1 amide bonds. The fraction of sp³-hybridized carbons (Fsp3) is 0.357. The highest BCUT2D eigenvalue weighted by molar-refractivity contribution is 9.10. The van der Waals surface area contributed by atoms with Crippen LogP contribution < -0.4 is 5.32 Å². The van der Waals surface area contributed by atoms with Crippen molar-refractivity contribution in [1.29, 1.82) is 0 Å². The summed E-state index contributed by atoms with van der Waals surface area (Å²) in [6.07, 6.45) is 1.88. The number of carbonyl (C=O) groups excluding carboxylic acids is 1. The van der Waals surface area contributed by atoms with Gasteiger partial charge in [0.05, 0.1) is 5.41 Å². The van der Waals surface area contributed by atoms with Crippen molar-refractivity contribution in [3.63, 3.8) is 0 Å². The van der Waals surface area contributed by atoms with Gasteiger partial charge in [-0.05, 0) is 37.5 Å². The fourth-order valence-corrected chi connectivity index (χ4v) is 2.21. The summed E-state index contributed by atoms with van der Waals surface area (Å²) in [4.78, 5) is 12.2. The predicted octanol–water partition coefficient (Wildman–Crippen LogP) is 3.17. The number of halogens is 1. The average Bonchev–Trinajstić information content (AvgIpc) is 3.08. The van der Waals surface area contributed by atoms with Crippen LogP contribution in [0.2, 0.25) is 0 Å². The minimum Gasteiger partial charge on any atom is -0.352 e. The molecule has 2 nitrogen and oxygen atoms in total. The topological polar surface area (TPSA) is 29.1 Å². The van der Waals surface area contributed by atoms with Crippen molar-refractivity contribution in [1.82, 2.24) is 5.32 Å². The molecule has 0 saturated heterocycles. The van der Waals surface area contributed by atoms with Crippen molar-refractivity contribution in [2.24, 2.45) is 0 Å². The van der Waals surface area contributed by atoms with Gasteiger partial charge in [0.15, 0.2) is 0 Å². The summed E-state index contributed by atoms with van der Waals surface area (Å²) < 4.78 is 1.04. The summed E-state index contributed by atoms with van der Waals surface area (Å²) in [5, 5.41) is 2.95. The first kappa shape index (κ1) is 12.4. The van der Waals surface area contributed by atoms with E-state index >= 15 is 0 Å². The fourth-order valence-electron chi connectivity index (χ4n) is 1.94. The van der Waals surface area contributed by atoms with Crippen LogP contribution in [0.1, 0.15) is 25.3 Å². The van der Waals surface area contributed by atoms with Crippen LogP contribution in [0.4, 0.5) is 0 Å². The number of nitrogens with one attached hydrogen (secondary N) is 1. The van der Waals surface area contributed by atoms with Gasteiger partial charge in [-0.25, -0.2) is 0 Å². The van der Waals surface area contributed by atoms with Gasteiger partial charge in [-0.2, -0.15) is 0 Å². The molecule has 1 aliphatic carbocycles. The van der Waals surface area contributed by atoms with Crippen molar-refractivity contribution in [3.8, 4) is 0 Å². The summed E-state index contributed by atoms with van der Waals surface area (Å²) in [5.74, 6) is 0.128. The zero-order chi connectivity index (χ0) is 12.5. The normalized spacial score (nSPS) is 16.4. The van der Waals surface area contributed by atoms with Crippen LogP contribution in [0.25, 0.3) is 0 Å². The quantitative estimate of drug-likeness (QED) is 0.849. The molecule has 1 N–H and O–H groups in total. The Morgan fingerprint density at radius 2 is 2.00 bits per heavy atom. The number of benzene rings is 1. The number of amides is 1. The molecule has 0 heterocycles. The van der Waals surface area contributed by atoms with E-state index in [1.54, 1.807) is 0 Å². The minimum atomic E-state index is -0.282. The smallest absolute Gasteiger partial charge is 0.230 e. The van der Waals surface area contributed by atoms with E-state index in [0.717, 1.165) is 28.5 Å². The monoisotopic (exact) mass is 293 g/mol. The van der Waals surface area contributed by atoms with E-state index in [2.05, 4.69) is 27.8 Å². The third-order valence-corrected chi connectivity index (χ3v) is 3.66. The van der Waals surface area contributed by atoms with E-state index in [1.165, 1.54) is 0 Å². The maximum absolute atomic E-state index is 12.2. The minimum absolute atomic E-state index is 0.128. The Balaban J connectivity index is 2.11. The molecule has 1 aromatic rings. The van der Waals surface area contributed by atoms with Crippen molar-refractivity contribution in [2.75, 3.05) is 6.54 Å². The predicted molar refractivity (Wildman–Crippen MR) is 72.9 cm³/mol. The Bertz CT molecular complexity index is 446. The van der Waals surface area contributed by atoms with Crippen molar-refractivity contribution in [2.45, 2.75) is 25.2 Å². The summed E-state index contributed by atoms with van der Waals surface area (Å²) >= 11 is 3.41. The lowest BCUT2D eigenvalue weighted by molar-refractivity contribution is -0.123. The lowest BCUT2D eigenvalue weighted by Gasteiger charge is -2.15. The second-order valence-corrected chi connectivity index (χ2v) is 5.64. The van der Waals surface area contributed by atoms with E-state index in [4.69, 9.17) is 0 Å². The molecule has 1 saturated carbocycles. The Labute approximate surface area is 110 Å². The first-order valence-electron chi connectivity index (χ1n) is 5.73. The van der Waals surface area contributed by atoms with Crippen molar-refractivity contribution >= 4 is 21.8 Å². The van der Waals surface area contributed by atoms with E-state index in [1.807, 2.05) is 31.2 Å². The highest BCUT2D eigenvalue weighted by atomic mass is 79.9. The molecule has 17 heavy (non-hydrogen) atoms.